The number of hydrogen-bond acceptors (Lipinski definition) is 5. The van der Waals surface area contributed by atoms with Crippen LogP contribution in [0.15, 0.2) is 24.3 Å². The molecule has 1 heterocycles. The number of nitrogens with zero attached hydrogens (tertiary/aromatic N) is 1. The number of carbonyl (C=O) groups excluding carboxylic acids is 3. The smallest absolute Gasteiger partial charge is 0.304 e. The minimum atomic E-state index is -0.930. The fourth-order valence-electron chi connectivity index (χ4n) is 2.14. The van der Waals surface area contributed by atoms with E-state index in [9.17, 15) is 19.2 Å². The molecule has 7 heteroatoms. The highest BCUT2D eigenvalue weighted by Crippen LogP contribution is 2.30. The molecule has 2 rings (SSSR count). The summed E-state index contributed by atoms with van der Waals surface area (Å²) < 4.78 is 0. The Kier molecular flexibility index (Phi) is 4.97. The third-order valence-electron chi connectivity index (χ3n) is 3.27. The molecule has 0 bridgehead atoms. The molecule has 1 aromatic rings. The van der Waals surface area contributed by atoms with E-state index < -0.39 is 11.2 Å². The maximum absolute atomic E-state index is 12.3. The van der Waals surface area contributed by atoms with Gasteiger partial charge in [0.1, 0.15) is 0 Å². The van der Waals surface area contributed by atoms with Crippen LogP contribution in [-0.4, -0.2) is 39.7 Å². The Bertz CT molecular complexity index is 625. The number of Topliss-reactive ketones (excluding diaryl/α,β-unsaturated/α-hetero) is 1. The molecule has 0 spiro atoms. The molecule has 0 saturated carbocycles. The molecule has 0 aliphatic carbocycles. The Balaban J connectivity index is 2.08. The van der Waals surface area contributed by atoms with E-state index in [4.69, 9.17) is 5.11 Å². The van der Waals surface area contributed by atoms with Gasteiger partial charge in [0.05, 0.1) is 17.4 Å². The van der Waals surface area contributed by atoms with Crippen molar-refractivity contribution in [1.29, 1.82) is 0 Å². The number of amides is 2. The van der Waals surface area contributed by atoms with E-state index in [1.54, 1.807) is 24.3 Å². The van der Waals surface area contributed by atoms with Crippen LogP contribution < -0.4 is 4.90 Å². The minimum Gasteiger partial charge on any atom is -0.481 e. The highest BCUT2D eigenvalue weighted by atomic mass is 32.2. The van der Waals surface area contributed by atoms with Gasteiger partial charge in [-0.1, -0.05) is 0 Å². The summed E-state index contributed by atoms with van der Waals surface area (Å²) in [4.78, 5) is 47.1. The molecule has 1 unspecified atom stereocenters. The van der Waals surface area contributed by atoms with Crippen molar-refractivity contribution in [3.05, 3.63) is 29.8 Å². The van der Waals surface area contributed by atoms with Crippen LogP contribution in [0.4, 0.5) is 5.69 Å². The molecular formula is C15H15NO5S. The van der Waals surface area contributed by atoms with Crippen molar-refractivity contribution >= 4 is 41.0 Å². The van der Waals surface area contributed by atoms with E-state index in [1.807, 2.05) is 0 Å². The Morgan fingerprint density at radius 3 is 2.45 bits per heavy atom. The number of anilines is 1. The van der Waals surface area contributed by atoms with E-state index in [-0.39, 0.29) is 36.2 Å². The third-order valence-corrected chi connectivity index (χ3v) is 4.48. The molecular weight excluding hydrogens is 306 g/mol. The Hall–Kier alpha value is -2.15. The topological polar surface area (TPSA) is 91.8 Å². The zero-order valence-electron chi connectivity index (χ0n) is 11.9. The molecule has 1 atom stereocenters. The van der Waals surface area contributed by atoms with Gasteiger partial charge in [0.25, 0.3) is 0 Å². The summed E-state index contributed by atoms with van der Waals surface area (Å²) in [7, 11) is 0. The maximum atomic E-state index is 12.3. The van der Waals surface area contributed by atoms with Crippen LogP contribution in [-0.2, 0) is 14.4 Å². The summed E-state index contributed by atoms with van der Waals surface area (Å²) in [6.07, 6.45) is 0.0214. The number of imide groups is 1. The first-order valence-corrected chi connectivity index (χ1v) is 7.76. The second kappa shape index (κ2) is 6.74. The predicted octanol–water partition coefficient (Wildman–Crippen LogP) is 1.73. The first kappa shape index (κ1) is 16.2. The molecule has 0 radical (unpaired) electrons. The first-order chi connectivity index (χ1) is 10.4. The van der Waals surface area contributed by atoms with Gasteiger partial charge in [0, 0.05) is 17.7 Å². The summed E-state index contributed by atoms with van der Waals surface area (Å²) in [5, 5.41) is 8.06. The standard InChI is InChI=1S/C15H15NO5S/c1-9(17)10-2-4-11(5-3-10)16-13(18)8-12(15(16)21)22-7-6-14(19)20/h2-5,12H,6-8H2,1H3,(H,19,20). The second-order valence-electron chi connectivity index (χ2n) is 4.88. The van der Waals surface area contributed by atoms with Gasteiger partial charge in [-0.3, -0.25) is 19.2 Å². The normalized spacial score (nSPS) is 17.9. The van der Waals surface area contributed by atoms with E-state index >= 15 is 0 Å². The van der Waals surface area contributed by atoms with Crippen molar-refractivity contribution in [2.24, 2.45) is 0 Å². The summed E-state index contributed by atoms with van der Waals surface area (Å²) in [5.41, 5.74) is 0.941. The van der Waals surface area contributed by atoms with Crippen LogP contribution in [0, 0.1) is 0 Å². The van der Waals surface area contributed by atoms with E-state index in [1.165, 1.54) is 18.7 Å². The lowest BCUT2D eigenvalue weighted by atomic mass is 10.1. The van der Waals surface area contributed by atoms with Gasteiger partial charge in [-0.25, -0.2) is 4.90 Å². The van der Waals surface area contributed by atoms with Gasteiger partial charge < -0.3 is 5.11 Å². The quantitative estimate of drug-likeness (QED) is 0.634. The van der Waals surface area contributed by atoms with Crippen molar-refractivity contribution in [2.45, 2.75) is 25.0 Å². The lowest BCUT2D eigenvalue weighted by Gasteiger charge is -2.15. The van der Waals surface area contributed by atoms with Gasteiger partial charge in [-0.05, 0) is 31.2 Å². The van der Waals surface area contributed by atoms with Crippen molar-refractivity contribution in [3.8, 4) is 0 Å². The van der Waals surface area contributed by atoms with Crippen molar-refractivity contribution < 1.29 is 24.3 Å². The van der Waals surface area contributed by atoms with Gasteiger partial charge in [-0.2, -0.15) is 0 Å². The number of thioether (sulfide) groups is 1. The fourth-order valence-corrected chi connectivity index (χ4v) is 3.22. The number of carbonyl (C=O) groups is 4. The molecule has 0 aromatic heterocycles. The highest BCUT2D eigenvalue weighted by Gasteiger charge is 2.39. The molecule has 1 saturated heterocycles. The molecule has 2 amide bonds. The molecule has 1 N–H and O–H groups in total. The number of carboxylic acid groups (broad SMARTS) is 1. The Morgan fingerprint density at radius 1 is 1.27 bits per heavy atom. The first-order valence-electron chi connectivity index (χ1n) is 6.71. The molecule has 1 aliphatic rings. The monoisotopic (exact) mass is 321 g/mol. The minimum absolute atomic E-state index is 0.0457. The van der Waals surface area contributed by atoms with Crippen LogP contribution in [0.3, 0.4) is 0 Å². The van der Waals surface area contributed by atoms with Crippen LogP contribution in [0.2, 0.25) is 0 Å². The largest absolute Gasteiger partial charge is 0.481 e. The SMILES string of the molecule is CC(=O)c1ccc(N2C(=O)CC(SCCC(=O)O)C2=O)cc1. The van der Waals surface area contributed by atoms with Crippen molar-refractivity contribution in [2.75, 3.05) is 10.7 Å². The highest BCUT2D eigenvalue weighted by molar-refractivity contribution is 8.00. The summed E-state index contributed by atoms with van der Waals surface area (Å²) in [6.45, 7) is 1.44. The zero-order chi connectivity index (χ0) is 16.3. The fraction of sp³-hybridized carbons (Fsp3) is 0.333. The zero-order valence-corrected chi connectivity index (χ0v) is 12.8. The van der Waals surface area contributed by atoms with E-state index in [0.717, 1.165) is 4.90 Å². The van der Waals surface area contributed by atoms with Crippen LogP contribution in [0.25, 0.3) is 0 Å². The molecule has 116 valence electrons. The summed E-state index contributed by atoms with van der Waals surface area (Å²) in [6, 6.07) is 6.28. The number of rotatable bonds is 6. The van der Waals surface area contributed by atoms with Gasteiger partial charge in [0.15, 0.2) is 5.78 Å². The third kappa shape index (κ3) is 3.54. The molecule has 1 aliphatic heterocycles. The molecule has 1 fully saturated rings. The van der Waals surface area contributed by atoms with Gasteiger partial charge in [0.2, 0.25) is 11.8 Å². The lowest BCUT2D eigenvalue weighted by Crippen LogP contribution is -2.31. The van der Waals surface area contributed by atoms with E-state index in [0.29, 0.717) is 11.3 Å². The lowest BCUT2D eigenvalue weighted by molar-refractivity contribution is -0.136. The molecule has 1 aromatic carbocycles. The Morgan fingerprint density at radius 2 is 1.91 bits per heavy atom. The van der Waals surface area contributed by atoms with Crippen LogP contribution >= 0.6 is 11.8 Å². The maximum Gasteiger partial charge on any atom is 0.304 e. The van der Waals surface area contributed by atoms with Crippen molar-refractivity contribution in [3.63, 3.8) is 0 Å². The van der Waals surface area contributed by atoms with Crippen LogP contribution in [0.1, 0.15) is 30.1 Å². The summed E-state index contributed by atoms with van der Waals surface area (Å²) >= 11 is 1.18. The number of ketones is 1. The predicted molar refractivity (Wildman–Crippen MR) is 82.1 cm³/mol. The number of hydrogen-bond donors (Lipinski definition) is 1. The van der Waals surface area contributed by atoms with Crippen molar-refractivity contribution in [1.82, 2.24) is 0 Å². The number of benzene rings is 1. The average molecular weight is 321 g/mol. The number of aliphatic carboxylic acids is 1. The molecule has 6 nitrogen and oxygen atoms in total. The average Bonchev–Trinajstić information content (AvgIpc) is 2.73. The second-order valence-corrected chi connectivity index (χ2v) is 6.19. The molecule has 22 heavy (non-hydrogen) atoms. The summed E-state index contributed by atoms with van der Waals surface area (Å²) in [5.74, 6) is -1.38. The van der Waals surface area contributed by atoms with Gasteiger partial charge >= 0.3 is 5.97 Å². The van der Waals surface area contributed by atoms with Crippen LogP contribution in [0.5, 0.6) is 0 Å². The van der Waals surface area contributed by atoms with E-state index in [2.05, 4.69) is 0 Å². The Labute approximate surface area is 131 Å². The van der Waals surface area contributed by atoms with Gasteiger partial charge in [-0.15, -0.1) is 11.8 Å². The number of carboxylic acids is 1.